The van der Waals surface area contributed by atoms with Gasteiger partial charge >= 0.3 is 18.6 Å². The van der Waals surface area contributed by atoms with E-state index < -0.39 is 0 Å². The van der Waals surface area contributed by atoms with Gasteiger partial charge in [0.25, 0.3) is 0 Å². The second-order valence-electron chi connectivity index (χ2n) is 1.84. The average Bonchev–Trinajstić information content (AvgIpc) is 1.83. The monoisotopic (exact) mass is 317 g/mol. The van der Waals surface area contributed by atoms with Crippen LogP contribution in [-0.4, -0.2) is 24.5 Å². The van der Waals surface area contributed by atoms with Gasteiger partial charge in [-0.1, -0.05) is 6.92 Å². The molecule has 68 valence electrons. The van der Waals surface area contributed by atoms with Crippen molar-refractivity contribution in [3.8, 4) is 0 Å². The molecular weight excluding hydrogens is 302 g/mol. The van der Waals surface area contributed by atoms with Crippen LogP contribution in [-0.2, 0) is 74.2 Å². The van der Waals surface area contributed by atoms with Crippen LogP contribution in [0.4, 0.5) is 0 Å². The van der Waals surface area contributed by atoms with Crippen LogP contribution in [0, 0.1) is 13.8 Å². The van der Waals surface area contributed by atoms with Crippen LogP contribution >= 0.6 is 0 Å². The van der Waals surface area contributed by atoms with Gasteiger partial charge in [-0.15, -0.1) is 13.1 Å². The van der Waals surface area contributed by atoms with Gasteiger partial charge in [-0.2, -0.15) is 0 Å². The van der Waals surface area contributed by atoms with Crippen LogP contribution in [0.1, 0.15) is 13.3 Å². The SMILES string of the molecule is [CH2-]CN(C[CH2-])CCC.[V+2].[V].[V].[V]. The smallest absolute Gasteiger partial charge is 0.363 e. The van der Waals surface area contributed by atoms with Gasteiger partial charge in [-0.25, -0.2) is 0 Å². The van der Waals surface area contributed by atoms with Crippen molar-refractivity contribution in [1.82, 2.24) is 4.90 Å². The molecule has 0 aliphatic rings. The first-order chi connectivity index (χ1) is 3.85. The van der Waals surface area contributed by atoms with Crippen molar-refractivity contribution in [3.05, 3.63) is 13.8 Å². The van der Waals surface area contributed by atoms with Crippen LogP contribution < -0.4 is 0 Å². The summed E-state index contributed by atoms with van der Waals surface area (Å²) in [5.41, 5.74) is 0. The van der Waals surface area contributed by atoms with Gasteiger partial charge in [0.05, 0.1) is 0 Å². The van der Waals surface area contributed by atoms with E-state index >= 15 is 0 Å². The molecule has 5 heteroatoms. The van der Waals surface area contributed by atoms with E-state index in [9.17, 15) is 0 Å². The fourth-order valence-corrected chi connectivity index (χ4v) is 0.652. The molecule has 0 saturated carbocycles. The summed E-state index contributed by atoms with van der Waals surface area (Å²) >= 11 is 0. The predicted octanol–water partition coefficient (Wildman–Crippen LogP) is 1.36. The van der Waals surface area contributed by atoms with Crippen LogP contribution in [0.3, 0.4) is 0 Å². The molecule has 0 spiro atoms. The zero-order chi connectivity index (χ0) is 6.41. The minimum Gasteiger partial charge on any atom is -0.363 e. The summed E-state index contributed by atoms with van der Waals surface area (Å²) in [4.78, 5) is 2.21. The maximum Gasteiger partial charge on any atom is 2.00 e. The summed E-state index contributed by atoms with van der Waals surface area (Å²) < 4.78 is 0. The van der Waals surface area contributed by atoms with E-state index in [1.165, 1.54) is 6.42 Å². The number of hydrogen-bond acceptors (Lipinski definition) is 1. The number of rotatable bonds is 4. The Morgan fingerprint density at radius 1 is 1.00 bits per heavy atom. The molecule has 0 unspecified atom stereocenters. The van der Waals surface area contributed by atoms with Crippen LogP contribution in [0.25, 0.3) is 0 Å². The third-order valence-electron chi connectivity index (χ3n) is 1.17. The minimum atomic E-state index is 0. The largest absolute Gasteiger partial charge is 2.00 e. The Labute approximate surface area is 125 Å². The standard InChI is InChI=1S/C7H15N.4V/c1-4-7-8(5-2)6-3;;;;/h2-7H2,1H3;;;;/q-2;;;;+2. The van der Waals surface area contributed by atoms with E-state index in [0.29, 0.717) is 0 Å². The third kappa shape index (κ3) is 18.2. The summed E-state index contributed by atoms with van der Waals surface area (Å²) in [5.74, 6) is 0. The molecule has 0 aromatic heterocycles. The molecule has 0 rings (SSSR count). The summed E-state index contributed by atoms with van der Waals surface area (Å²) in [6, 6.07) is 0. The zero-order valence-corrected chi connectivity index (χ0v) is 13.1. The summed E-state index contributed by atoms with van der Waals surface area (Å²) in [5, 5.41) is 0. The Morgan fingerprint density at radius 3 is 1.42 bits per heavy atom. The predicted molar refractivity (Wildman–Crippen MR) is 37.4 cm³/mol. The van der Waals surface area contributed by atoms with Crippen LogP contribution in [0.15, 0.2) is 0 Å². The van der Waals surface area contributed by atoms with Gasteiger partial charge in [0, 0.05) is 55.7 Å². The van der Waals surface area contributed by atoms with Crippen LogP contribution in [0.2, 0.25) is 0 Å². The molecule has 0 aliphatic carbocycles. The van der Waals surface area contributed by atoms with E-state index in [-0.39, 0.29) is 74.2 Å². The quantitative estimate of drug-likeness (QED) is 0.708. The van der Waals surface area contributed by atoms with Crippen molar-refractivity contribution in [2.24, 2.45) is 0 Å². The van der Waals surface area contributed by atoms with Crippen LogP contribution in [0.5, 0.6) is 0 Å². The van der Waals surface area contributed by atoms with Crippen molar-refractivity contribution in [2.75, 3.05) is 19.6 Å². The van der Waals surface area contributed by atoms with E-state index in [1.807, 2.05) is 0 Å². The van der Waals surface area contributed by atoms with Gasteiger partial charge < -0.3 is 18.7 Å². The number of hydrogen-bond donors (Lipinski definition) is 0. The Hall–Kier alpha value is 2.30. The molecule has 0 amide bonds. The van der Waals surface area contributed by atoms with Crippen molar-refractivity contribution in [1.29, 1.82) is 0 Å². The number of nitrogens with zero attached hydrogens (tertiary/aromatic N) is 1. The zero-order valence-electron chi connectivity index (χ0n) is 7.48. The molecule has 1 nitrogen and oxygen atoms in total. The first-order valence-electron chi connectivity index (χ1n) is 3.16. The third-order valence-corrected chi connectivity index (χ3v) is 1.17. The molecule has 4 radical (unpaired) electrons. The Bertz CT molecular complexity index is 50.7. The van der Waals surface area contributed by atoms with Crippen molar-refractivity contribution >= 4 is 0 Å². The van der Waals surface area contributed by atoms with Gasteiger partial charge in [0.15, 0.2) is 0 Å². The molecule has 0 heterocycles. The summed E-state index contributed by atoms with van der Waals surface area (Å²) in [6.07, 6.45) is 1.20. The fourth-order valence-electron chi connectivity index (χ4n) is 0.652. The van der Waals surface area contributed by atoms with Crippen molar-refractivity contribution in [3.63, 3.8) is 0 Å². The Morgan fingerprint density at radius 2 is 1.33 bits per heavy atom. The summed E-state index contributed by atoms with van der Waals surface area (Å²) in [6.45, 7) is 12.6. The molecule has 0 aromatic rings. The van der Waals surface area contributed by atoms with E-state index in [1.54, 1.807) is 0 Å². The van der Waals surface area contributed by atoms with Gasteiger partial charge in [0.1, 0.15) is 0 Å². The van der Waals surface area contributed by atoms with E-state index in [4.69, 9.17) is 0 Å². The fraction of sp³-hybridized carbons (Fsp3) is 0.714. The average molecular weight is 317 g/mol. The Balaban J connectivity index is -0.0000000408. The second-order valence-corrected chi connectivity index (χ2v) is 1.84. The van der Waals surface area contributed by atoms with Gasteiger partial charge in [-0.3, -0.25) is 0 Å². The molecular formula is C7H15NV4. The molecule has 0 atom stereocenters. The Kier molecular flexibility index (Phi) is 56.7. The van der Waals surface area contributed by atoms with E-state index in [2.05, 4.69) is 25.7 Å². The molecule has 0 aliphatic heterocycles. The first kappa shape index (κ1) is 29.2. The maximum absolute atomic E-state index is 3.76. The molecule has 0 saturated heterocycles. The van der Waals surface area contributed by atoms with E-state index in [0.717, 1.165) is 19.6 Å². The normalized spacial score (nSPS) is 7.00. The molecule has 0 aromatic carbocycles. The topological polar surface area (TPSA) is 3.24 Å². The first-order valence-corrected chi connectivity index (χ1v) is 3.16. The minimum absolute atomic E-state index is 0. The van der Waals surface area contributed by atoms with Gasteiger partial charge in [-0.05, 0) is 13.0 Å². The second kappa shape index (κ2) is 23.3. The van der Waals surface area contributed by atoms with Crippen molar-refractivity contribution < 1.29 is 74.2 Å². The van der Waals surface area contributed by atoms with Gasteiger partial charge in [0.2, 0.25) is 0 Å². The maximum atomic E-state index is 3.76. The molecule has 0 N–H and O–H groups in total. The molecule has 0 bridgehead atoms. The molecule has 12 heavy (non-hydrogen) atoms. The van der Waals surface area contributed by atoms with Crippen molar-refractivity contribution in [2.45, 2.75) is 13.3 Å². The molecule has 0 fully saturated rings. The summed E-state index contributed by atoms with van der Waals surface area (Å²) in [7, 11) is 0.